The van der Waals surface area contributed by atoms with Crippen molar-refractivity contribution in [1.29, 1.82) is 0 Å². The molecule has 0 atom stereocenters. The van der Waals surface area contributed by atoms with Gasteiger partial charge in [0.05, 0.1) is 0 Å². The van der Waals surface area contributed by atoms with Crippen LogP contribution < -0.4 is 10.3 Å². The average Bonchev–Trinajstić information content (AvgIpc) is 2.28. The van der Waals surface area contributed by atoms with E-state index in [9.17, 15) is 13.0 Å². The van der Waals surface area contributed by atoms with Gasteiger partial charge in [-0.1, -0.05) is 13.3 Å². The molecule has 0 aromatic rings. The summed E-state index contributed by atoms with van der Waals surface area (Å²) in [7, 11) is -1.04. The second-order valence-corrected chi connectivity index (χ2v) is 12.5. The lowest BCUT2D eigenvalue weighted by Gasteiger charge is -2.29. The molecule has 0 aliphatic heterocycles. The Morgan fingerprint density at radius 2 is 1.71 bits per heavy atom. The molecule has 0 fully saturated rings. The first-order valence-corrected chi connectivity index (χ1v) is 10.9. The molecule has 0 aliphatic carbocycles. The maximum absolute atomic E-state index is 12.3. The van der Waals surface area contributed by atoms with Crippen molar-refractivity contribution in [3.63, 3.8) is 0 Å². The van der Waals surface area contributed by atoms with E-state index in [2.05, 4.69) is 0 Å². The number of nitrogens with two attached hydrogens (primary N) is 2. The van der Waals surface area contributed by atoms with E-state index in [-0.39, 0.29) is 6.54 Å². The Balaban J connectivity index is 5.36. The molecule has 0 saturated carbocycles. The van der Waals surface area contributed by atoms with Crippen molar-refractivity contribution in [1.82, 2.24) is 8.38 Å². The monoisotopic (exact) mass is 322 g/mol. The summed E-state index contributed by atoms with van der Waals surface area (Å²) in [6.45, 7) is 2.05. The van der Waals surface area contributed by atoms with Crippen LogP contribution in [-0.2, 0) is 14.8 Å². The van der Waals surface area contributed by atoms with Gasteiger partial charge in [-0.2, -0.15) is 12.7 Å². The van der Waals surface area contributed by atoms with Crippen molar-refractivity contribution < 1.29 is 13.0 Å². The summed E-state index contributed by atoms with van der Waals surface area (Å²) < 4.78 is 38.3. The van der Waals surface area contributed by atoms with Crippen LogP contribution in [0.3, 0.4) is 0 Å². The number of rotatable bonds is 8. The summed E-state index contributed by atoms with van der Waals surface area (Å²) in [5.74, 6) is 0. The van der Waals surface area contributed by atoms with Crippen molar-refractivity contribution >= 4 is 39.0 Å². The lowest BCUT2D eigenvalue weighted by atomic mass is 10.3. The molecule has 0 spiro atoms. The summed E-state index contributed by atoms with van der Waals surface area (Å²) in [6.07, 6.45) is 1.38. The minimum atomic E-state index is -3.79. The Morgan fingerprint density at radius 3 is 2.00 bits per heavy atom. The van der Waals surface area contributed by atoms with Gasteiger partial charge in [-0.15, -0.1) is 4.08 Å². The van der Waals surface area contributed by atoms with Crippen LogP contribution in [0.1, 0.15) is 19.8 Å². The van der Waals surface area contributed by atoms with Gasteiger partial charge in [0.15, 0.2) is 0 Å². The molecule has 0 heterocycles. The minimum Gasteiger partial charge on any atom is -0.279 e. The van der Waals surface area contributed by atoms with Crippen LogP contribution >= 0.6 is 28.8 Å². The van der Waals surface area contributed by atoms with E-state index in [1.165, 1.54) is 14.1 Å². The lowest BCUT2D eigenvalue weighted by Crippen LogP contribution is -2.37. The van der Waals surface area contributed by atoms with Crippen molar-refractivity contribution in [2.75, 3.05) is 20.6 Å². The highest BCUT2D eigenvalue weighted by Crippen LogP contribution is 2.68. The van der Waals surface area contributed by atoms with Gasteiger partial charge in [0.2, 0.25) is 0 Å². The summed E-state index contributed by atoms with van der Waals surface area (Å²) in [4.78, 5) is 0. The normalized spacial score (nSPS) is 13.6. The molecule has 0 radical (unpaired) electrons. The number of hydrogen-bond acceptors (Lipinski definition) is 7. The van der Waals surface area contributed by atoms with E-state index in [1.54, 1.807) is 0 Å². The van der Waals surface area contributed by atoms with E-state index in [0.29, 0.717) is 29.6 Å². The molecule has 0 aromatic heterocycles. The summed E-state index contributed by atoms with van der Waals surface area (Å²) in [6, 6.07) is 0. The standard InChI is InChI=1S/C6H19N4O3PS3/c1-4-5-6-10(14(11,15-7)16-8)17(12,13)9(2)3/h4-8H2,1-3H3. The molecular weight excluding hydrogens is 303 g/mol. The molecule has 0 amide bonds. The van der Waals surface area contributed by atoms with Crippen molar-refractivity contribution in [2.24, 2.45) is 10.3 Å². The molecule has 7 nitrogen and oxygen atoms in total. The largest absolute Gasteiger partial charge is 0.299 e. The van der Waals surface area contributed by atoms with Crippen molar-refractivity contribution in [2.45, 2.75) is 19.8 Å². The van der Waals surface area contributed by atoms with Crippen LogP contribution in [0, 0.1) is 0 Å². The third-order valence-electron chi connectivity index (χ3n) is 1.97. The molecule has 0 rings (SSSR count). The highest BCUT2D eigenvalue weighted by Gasteiger charge is 2.40. The highest BCUT2D eigenvalue weighted by molar-refractivity contribution is 8.89. The Bertz CT molecular complexity index is 367. The maximum Gasteiger partial charge on any atom is 0.299 e. The fourth-order valence-corrected chi connectivity index (χ4v) is 7.73. The zero-order valence-electron chi connectivity index (χ0n) is 10.1. The van der Waals surface area contributed by atoms with Crippen LogP contribution in [-0.4, -0.2) is 37.4 Å². The van der Waals surface area contributed by atoms with Gasteiger partial charge in [-0.05, 0) is 6.42 Å². The Hall–Kier alpha value is 0.720. The first-order valence-electron chi connectivity index (χ1n) is 4.84. The molecule has 0 aromatic carbocycles. The van der Waals surface area contributed by atoms with Crippen LogP contribution in [0.4, 0.5) is 0 Å². The zero-order valence-corrected chi connectivity index (χ0v) is 13.4. The van der Waals surface area contributed by atoms with E-state index >= 15 is 0 Å². The third kappa shape index (κ3) is 4.39. The van der Waals surface area contributed by atoms with Gasteiger partial charge < -0.3 is 0 Å². The Kier molecular flexibility index (Phi) is 7.65. The van der Waals surface area contributed by atoms with Crippen LogP contribution in [0.15, 0.2) is 0 Å². The van der Waals surface area contributed by atoms with Crippen LogP contribution in [0.2, 0.25) is 0 Å². The average molecular weight is 322 g/mol. The second-order valence-electron chi connectivity index (χ2n) is 3.37. The Morgan fingerprint density at radius 1 is 1.24 bits per heavy atom. The van der Waals surface area contributed by atoms with Gasteiger partial charge in [-0.25, -0.2) is 0 Å². The fourth-order valence-electron chi connectivity index (χ4n) is 0.976. The molecule has 4 N–H and O–H groups in total. The van der Waals surface area contributed by atoms with Crippen LogP contribution in [0.25, 0.3) is 0 Å². The predicted octanol–water partition coefficient (Wildman–Crippen LogP) is 1.22. The fraction of sp³-hybridized carbons (Fsp3) is 1.00. The molecule has 0 bridgehead atoms. The topological polar surface area (TPSA) is 110 Å². The molecular formula is C6H19N4O3PS3. The van der Waals surface area contributed by atoms with E-state index in [0.717, 1.165) is 14.8 Å². The molecule has 17 heavy (non-hydrogen) atoms. The first-order chi connectivity index (χ1) is 7.76. The molecule has 0 saturated heterocycles. The number of nitrogens with zero attached hydrogens (tertiary/aromatic N) is 2. The third-order valence-corrected chi connectivity index (χ3v) is 11.1. The van der Waals surface area contributed by atoms with E-state index in [1.807, 2.05) is 6.92 Å². The van der Waals surface area contributed by atoms with Crippen molar-refractivity contribution in [3.8, 4) is 0 Å². The van der Waals surface area contributed by atoms with Gasteiger partial charge >= 0.3 is 0 Å². The summed E-state index contributed by atoms with van der Waals surface area (Å²) in [5.41, 5.74) is -3.40. The van der Waals surface area contributed by atoms with Gasteiger partial charge in [-0.3, -0.25) is 14.8 Å². The lowest BCUT2D eigenvalue weighted by molar-refractivity contribution is 0.452. The number of unbranched alkanes of at least 4 members (excludes halogenated alkanes) is 1. The quantitative estimate of drug-likeness (QED) is 0.510. The minimum absolute atomic E-state index is 0.142. The Labute approximate surface area is 111 Å². The van der Waals surface area contributed by atoms with Crippen molar-refractivity contribution in [3.05, 3.63) is 0 Å². The van der Waals surface area contributed by atoms with Gasteiger partial charge in [0.25, 0.3) is 15.9 Å². The first kappa shape index (κ1) is 17.7. The van der Waals surface area contributed by atoms with Crippen LogP contribution in [0.5, 0.6) is 0 Å². The predicted molar refractivity (Wildman–Crippen MR) is 75.4 cm³/mol. The van der Waals surface area contributed by atoms with Gasteiger partial charge in [0.1, 0.15) is 0 Å². The van der Waals surface area contributed by atoms with E-state index in [4.69, 9.17) is 10.3 Å². The molecule has 104 valence electrons. The summed E-state index contributed by atoms with van der Waals surface area (Å²) >= 11 is 0.977. The number of hydrogen-bond donors (Lipinski definition) is 2. The summed E-state index contributed by atoms with van der Waals surface area (Å²) in [5, 5.41) is 10.6. The van der Waals surface area contributed by atoms with E-state index < -0.39 is 15.9 Å². The molecule has 11 heteroatoms. The highest BCUT2D eigenvalue weighted by atomic mass is 33.1. The SMILES string of the molecule is CCCCN(P(=O)(SN)SN)S(=O)(=O)N(C)C. The van der Waals surface area contributed by atoms with Gasteiger partial charge in [0, 0.05) is 43.8 Å². The zero-order chi connectivity index (χ0) is 13.7. The molecule has 0 unspecified atom stereocenters. The maximum atomic E-state index is 12.3. The molecule has 0 aliphatic rings. The second kappa shape index (κ2) is 7.34. The smallest absolute Gasteiger partial charge is 0.279 e.